The van der Waals surface area contributed by atoms with E-state index in [0.717, 1.165) is 5.56 Å². The van der Waals surface area contributed by atoms with Crippen molar-refractivity contribution in [3.63, 3.8) is 0 Å². The molecular formula is C23H27N3O4. The maximum Gasteiger partial charge on any atom is 0.261 e. The molecule has 3 aromatic rings. The van der Waals surface area contributed by atoms with E-state index in [4.69, 9.17) is 14.5 Å². The minimum absolute atomic E-state index is 0.0500. The van der Waals surface area contributed by atoms with Gasteiger partial charge in [0.05, 0.1) is 36.7 Å². The summed E-state index contributed by atoms with van der Waals surface area (Å²) in [5.41, 5.74) is 1.48. The predicted molar refractivity (Wildman–Crippen MR) is 115 cm³/mol. The molecule has 1 aromatic heterocycles. The molecule has 0 radical (unpaired) electrons. The van der Waals surface area contributed by atoms with E-state index in [1.165, 1.54) is 0 Å². The van der Waals surface area contributed by atoms with Crippen LogP contribution >= 0.6 is 0 Å². The molecule has 1 amide bonds. The number of nitrogens with zero attached hydrogens (tertiary/aromatic N) is 3. The van der Waals surface area contributed by atoms with Crippen molar-refractivity contribution < 1.29 is 14.3 Å². The molecule has 0 saturated heterocycles. The standard InChI is InChI=1S/C23H27N3O4/c1-17(25(2)21(27)16-30-15-18-9-5-4-6-10-18)22-24-20-12-8-7-11-19(20)23(28)26(22)13-14-29-3/h4-12,17H,13-16H2,1-3H3. The van der Waals surface area contributed by atoms with E-state index < -0.39 is 6.04 Å². The summed E-state index contributed by atoms with van der Waals surface area (Å²) in [6, 6.07) is 16.5. The van der Waals surface area contributed by atoms with Gasteiger partial charge in [0.25, 0.3) is 5.56 Å². The Bertz CT molecular complexity index is 1050. The fourth-order valence-electron chi connectivity index (χ4n) is 3.22. The van der Waals surface area contributed by atoms with Gasteiger partial charge in [0.1, 0.15) is 12.4 Å². The first-order valence-electron chi connectivity index (χ1n) is 9.88. The number of ether oxygens (including phenoxy) is 2. The van der Waals surface area contributed by atoms with Crippen LogP contribution in [0.15, 0.2) is 59.4 Å². The van der Waals surface area contributed by atoms with Crippen LogP contribution in [0.4, 0.5) is 0 Å². The van der Waals surface area contributed by atoms with Gasteiger partial charge in [-0.25, -0.2) is 4.98 Å². The molecule has 2 aromatic carbocycles. The molecule has 0 aliphatic heterocycles. The summed E-state index contributed by atoms with van der Waals surface area (Å²) in [5.74, 6) is 0.341. The summed E-state index contributed by atoms with van der Waals surface area (Å²) in [5, 5.41) is 0.546. The maximum atomic E-state index is 13.0. The highest BCUT2D eigenvalue weighted by atomic mass is 16.5. The highest BCUT2D eigenvalue weighted by molar-refractivity contribution is 5.78. The molecule has 0 saturated carbocycles. The molecule has 0 spiro atoms. The van der Waals surface area contributed by atoms with Crippen LogP contribution in [0.5, 0.6) is 0 Å². The lowest BCUT2D eigenvalue weighted by atomic mass is 10.2. The Balaban J connectivity index is 1.79. The molecule has 3 rings (SSSR count). The smallest absolute Gasteiger partial charge is 0.261 e. The third-order valence-electron chi connectivity index (χ3n) is 5.10. The molecule has 0 N–H and O–H groups in total. The van der Waals surface area contributed by atoms with Gasteiger partial charge in [0.2, 0.25) is 5.91 Å². The molecule has 7 nitrogen and oxygen atoms in total. The molecule has 0 aliphatic carbocycles. The molecule has 30 heavy (non-hydrogen) atoms. The lowest BCUT2D eigenvalue weighted by Gasteiger charge is -2.27. The van der Waals surface area contributed by atoms with Gasteiger partial charge in [0.15, 0.2) is 0 Å². The molecule has 0 aliphatic rings. The number of carbonyl (C=O) groups is 1. The van der Waals surface area contributed by atoms with Gasteiger partial charge in [0, 0.05) is 14.2 Å². The first-order valence-corrected chi connectivity index (χ1v) is 9.88. The average Bonchev–Trinajstić information content (AvgIpc) is 2.78. The second-order valence-electron chi connectivity index (χ2n) is 7.10. The third kappa shape index (κ3) is 4.93. The van der Waals surface area contributed by atoms with Crippen LogP contribution in [0.2, 0.25) is 0 Å². The normalized spacial score (nSPS) is 12.1. The number of hydrogen-bond acceptors (Lipinski definition) is 5. The van der Waals surface area contributed by atoms with Crippen molar-refractivity contribution in [1.29, 1.82) is 0 Å². The highest BCUT2D eigenvalue weighted by Gasteiger charge is 2.23. The summed E-state index contributed by atoms with van der Waals surface area (Å²) in [4.78, 5) is 32.0. The summed E-state index contributed by atoms with van der Waals surface area (Å²) in [6.45, 7) is 2.90. The number of amides is 1. The van der Waals surface area contributed by atoms with E-state index in [-0.39, 0.29) is 18.1 Å². The number of methoxy groups -OCH3 is 1. The van der Waals surface area contributed by atoms with Gasteiger partial charge in [-0.3, -0.25) is 14.2 Å². The average molecular weight is 409 g/mol. The van der Waals surface area contributed by atoms with Crippen molar-refractivity contribution in [2.75, 3.05) is 27.4 Å². The topological polar surface area (TPSA) is 73.7 Å². The molecule has 1 atom stereocenters. The molecule has 1 heterocycles. The molecular weight excluding hydrogens is 382 g/mol. The number of aromatic nitrogens is 2. The van der Waals surface area contributed by atoms with Crippen LogP contribution < -0.4 is 5.56 Å². The van der Waals surface area contributed by atoms with Crippen molar-refractivity contribution in [3.05, 3.63) is 76.3 Å². The first-order chi connectivity index (χ1) is 14.5. The Morgan fingerprint density at radius 3 is 2.57 bits per heavy atom. The minimum atomic E-state index is -0.410. The van der Waals surface area contributed by atoms with Crippen molar-refractivity contribution in [3.8, 4) is 0 Å². The fraction of sp³-hybridized carbons (Fsp3) is 0.348. The van der Waals surface area contributed by atoms with Crippen LogP contribution in [-0.2, 0) is 27.4 Å². The molecule has 0 bridgehead atoms. The first kappa shape index (κ1) is 21.7. The quantitative estimate of drug-likeness (QED) is 0.543. The van der Waals surface area contributed by atoms with Crippen LogP contribution in [0, 0.1) is 0 Å². The number of fused-ring (bicyclic) bond motifs is 1. The van der Waals surface area contributed by atoms with E-state index in [1.54, 1.807) is 35.8 Å². The number of para-hydroxylation sites is 1. The van der Waals surface area contributed by atoms with Crippen LogP contribution in [0.25, 0.3) is 10.9 Å². The molecule has 7 heteroatoms. The van der Waals surface area contributed by atoms with Crippen LogP contribution in [0.1, 0.15) is 24.4 Å². The highest BCUT2D eigenvalue weighted by Crippen LogP contribution is 2.19. The number of likely N-dealkylation sites (N-methyl/N-ethyl adjacent to an activating group) is 1. The zero-order chi connectivity index (χ0) is 21.5. The Hall–Kier alpha value is -3.03. The van der Waals surface area contributed by atoms with Gasteiger partial charge >= 0.3 is 0 Å². The zero-order valence-corrected chi connectivity index (χ0v) is 17.6. The predicted octanol–water partition coefficient (Wildman–Crippen LogP) is 2.78. The molecule has 158 valence electrons. The number of rotatable bonds is 9. The van der Waals surface area contributed by atoms with Gasteiger partial charge in [-0.15, -0.1) is 0 Å². The van der Waals surface area contributed by atoms with E-state index in [0.29, 0.717) is 36.5 Å². The molecule has 1 unspecified atom stereocenters. The van der Waals surface area contributed by atoms with Gasteiger partial charge in [-0.2, -0.15) is 0 Å². The van der Waals surface area contributed by atoms with E-state index in [9.17, 15) is 9.59 Å². The number of benzene rings is 2. The van der Waals surface area contributed by atoms with E-state index >= 15 is 0 Å². The summed E-state index contributed by atoms with van der Waals surface area (Å²) < 4.78 is 12.3. The van der Waals surface area contributed by atoms with Crippen molar-refractivity contribution in [2.45, 2.75) is 26.1 Å². The van der Waals surface area contributed by atoms with Gasteiger partial charge in [-0.05, 0) is 24.6 Å². The lowest BCUT2D eigenvalue weighted by molar-refractivity contribution is -0.137. The van der Waals surface area contributed by atoms with E-state index in [1.807, 2.05) is 49.4 Å². The van der Waals surface area contributed by atoms with Crippen molar-refractivity contribution in [1.82, 2.24) is 14.5 Å². The Kier molecular flexibility index (Phi) is 7.32. The SMILES string of the molecule is COCCn1c(C(C)N(C)C(=O)COCc2ccccc2)nc2ccccc2c1=O. The summed E-state index contributed by atoms with van der Waals surface area (Å²) >= 11 is 0. The van der Waals surface area contributed by atoms with Crippen LogP contribution in [-0.4, -0.2) is 47.7 Å². The second-order valence-corrected chi connectivity index (χ2v) is 7.10. The minimum Gasteiger partial charge on any atom is -0.383 e. The number of carbonyl (C=O) groups excluding carboxylic acids is 1. The Morgan fingerprint density at radius 2 is 1.83 bits per heavy atom. The fourth-order valence-corrected chi connectivity index (χ4v) is 3.22. The third-order valence-corrected chi connectivity index (χ3v) is 5.10. The second kappa shape index (κ2) is 10.1. The summed E-state index contributed by atoms with van der Waals surface area (Å²) in [6.07, 6.45) is 0. The Morgan fingerprint density at radius 1 is 1.13 bits per heavy atom. The molecule has 0 fully saturated rings. The van der Waals surface area contributed by atoms with Crippen molar-refractivity contribution in [2.24, 2.45) is 0 Å². The Labute approximate surface area is 175 Å². The largest absolute Gasteiger partial charge is 0.383 e. The van der Waals surface area contributed by atoms with Gasteiger partial charge < -0.3 is 14.4 Å². The van der Waals surface area contributed by atoms with E-state index in [2.05, 4.69) is 0 Å². The maximum absolute atomic E-state index is 13.0. The van der Waals surface area contributed by atoms with Gasteiger partial charge in [-0.1, -0.05) is 42.5 Å². The number of hydrogen-bond donors (Lipinski definition) is 0. The zero-order valence-electron chi connectivity index (χ0n) is 17.6. The van der Waals surface area contributed by atoms with Crippen LogP contribution in [0.3, 0.4) is 0 Å². The van der Waals surface area contributed by atoms with Crippen molar-refractivity contribution >= 4 is 16.8 Å². The lowest BCUT2D eigenvalue weighted by Crippen LogP contribution is -2.37. The monoisotopic (exact) mass is 409 g/mol. The summed E-state index contributed by atoms with van der Waals surface area (Å²) in [7, 11) is 3.28.